The average Bonchev–Trinajstić information content (AvgIpc) is 1.50. The van der Waals surface area contributed by atoms with Crippen LogP contribution in [0.4, 0.5) is 0 Å². The number of rotatable bonds is 4. The van der Waals surface area contributed by atoms with E-state index in [-0.39, 0.29) is 11.1 Å². The van der Waals surface area contributed by atoms with Gasteiger partial charge in [-0.2, -0.15) is 4.90 Å². The molecule has 567 valence electrons. The molecule has 0 unspecified atom stereocenters. The first-order valence-corrected chi connectivity index (χ1v) is 40.4. The summed E-state index contributed by atoms with van der Waals surface area (Å²) in [6.45, 7) is 2.58. The van der Waals surface area contributed by atoms with Crippen LogP contribution in [-0.4, -0.2) is 137 Å². The SMILES string of the molecule is Cc1ccnc(-c2cc(C)ccn2)c1.O=C(Cl)c1ccnc(-c2cc(C(=O)Cl)ccn2)c1.O=C1OCOC(=O)c2cc[n+]3c(c2)C2=CC1=CCN2C31[n+]2ccc3cc2-c2cc(cc[n+]21)C(=O)OCOC3=O.O=C1OCOC(=O)c2ccnc(c2)-c2cc1ccn2.O=C1OCOC(=O)c2ccnc(c2)-c2cc1ccn2.[Cl][Ru]([Cl])[Cl]. The van der Waals surface area contributed by atoms with E-state index in [2.05, 4.69) is 58.6 Å². The number of fused-ring (bicyclic) bond motifs is 18. The number of pyridine rings is 11. The van der Waals surface area contributed by atoms with Crippen molar-refractivity contribution in [3.8, 4) is 56.9 Å². The second-order valence-corrected chi connectivity index (χ2v) is 32.7. The second-order valence-electron chi connectivity index (χ2n) is 24.1. The number of cyclic esters (lactones) is 8. The maximum absolute atomic E-state index is 12.7. The molecule has 113 heavy (non-hydrogen) atoms. The molecule has 0 saturated carbocycles. The summed E-state index contributed by atoms with van der Waals surface area (Å²) in [7, 11) is 14.8. The van der Waals surface area contributed by atoms with Gasteiger partial charge in [0.15, 0.2) is 18.6 Å². The van der Waals surface area contributed by atoms with Gasteiger partial charge in [0.25, 0.3) is 21.9 Å². The number of aryl methyl sites for hydroxylation is 2. The normalized spacial score (nSPS) is 14.7. The molecular formula is C77H51Cl5N12O18Ru+3. The number of halogens is 5. The van der Waals surface area contributed by atoms with Crippen LogP contribution >= 0.6 is 52.3 Å². The van der Waals surface area contributed by atoms with Crippen molar-refractivity contribution in [3.63, 3.8) is 0 Å². The first-order chi connectivity index (χ1) is 54.5. The van der Waals surface area contributed by atoms with Gasteiger partial charge in [0.2, 0.25) is 32.9 Å². The zero-order chi connectivity index (χ0) is 79.6. The Labute approximate surface area is 665 Å². The molecule has 11 aromatic heterocycles. The van der Waals surface area contributed by atoms with E-state index >= 15 is 0 Å². The Morgan fingerprint density at radius 1 is 0.363 bits per heavy atom. The van der Waals surface area contributed by atoms with Crippen molar-refractivity contribution in [1.29, 1.82) is 0 Å². The molecular weight excluding hydrogens is 1660 g/mol. The molecule has 1 spiro atoms. The molecule has 0 radical (unpaired) electrons. The van der Waals surface area contributed by atoms with Gasteiger partial charge in [0.05, 0.1) is 96.6 Å². The second kappa shape index (κ2) is 34.6. The van der Waals surface area contributed by atoms with Crippen molar-refractivity contribution in [2.24, 2.45) is 0 Å². The van der Waals surface area contributed by atoms with Gasteiger partial charge in [-0.25, -0.2) is 38.4 Å². The molecule has 7 aliphatic rings. The Hall–Kier alpha value is -12.9. The summed E-state index contributed by atoms with van der Waals surface area (Å²) in [5.74, 6) is -5.91. The standard InChI is InChI=1S/C27H17N4O8.2C13H8N2O4.C12H6Cl2N2O2.C12H12N2.3ClH.Ru/c32-23-15-1-5-28-19(9-15)20-10-16(24(33)37-13-36-23)2-6-29(20)27(28)30-7-3-17-11-21(30)22-12-18(4-8-31(22)27)26(35)39-14-38-25(17)34;2*16-12-8-1-3-14-10(5-8)11-6-9(2-4-15-11)13(17)19-7-18-12;13-11(17)7-1-3-15-9(5-7)10-6-8(12(14)18)2-4-16-10;1-9-3-5-13-11(7-9)12-8-10(2)4-6-14-12;;;;/h1-7,9-12H,8,13-14H2;2*1-6H,7H2;1-6H;3-8H,1-2H3;3*1H;/q+3;;;;;;;;+3/p-3. The molecule has 18 heterocycles. The van der Waals surface area contributed by atoms with Crippen LogP contribution in [-0.2, 0) is 61.6 Å². The molecule has 0 N–H and O–H groups in total. The average molecular weight is 1710 g/mol. The summed E-state index contributed by atoms with van der Waals surface area (Å²) in [5.41, 5.74) is 12.9. The molecule has 16 bridgehead atoms. The summed E-state index contributed by atoms with van der Waals surface area (Å²) in [6.07, 6.45) is 21.3. The Bertz CT molecular complexity index is 5420. The zero-order valence-electron chi connectivity index (χ0n) is 58.2. The van der Waals surface area contributed by atoms with Crippen LogP contribution in [0.25, 0.3) is 62.6 Å². The van der Waals surface area contributed by atoms with Crippen LogP contribution in [0.2, 0.25) is 0 Å². The predicted octanol–water partition coefficient (Wildman–Crippen LogP) is 10.3. The van der Waals surface area contributed by atoms with Crippen LogP contribution in [0.5, 0.6) is 0 Å². The van der Waals surface area contributed by atoms with E-state index in [1.54, 1.807) is 91.4 Å². The van der Waals surface area contributed by atoms with Gasteiger partial charge in [0, 0.05) is 97.1 Å². The van der Waals surface area contributed by atoms with Crippen LogP contribution in [0.3, 0.4) is 0 Å². The summed E-state index contributed by atoms with van der Waals surface area (Å²) in [5, 5.41) is -1.16. The fraction of sp³-hybridized carbons (Fsp3) is 0.104. The fourth-order valence-corrected chi connectivity index (χ4v) is 12.2. The number of hydrogen-bond donors (Lipinski definition) is 0. The van der Waals surface area contributed by atoms with E-state index in [1.807, 2.05) is 50.4 Å². The molecule has 18 rings (SSSR count). The van der Waals surface area contributed by atoms with Crippen molar-refractivity contribution >= 4 is 116 Å². The minimum atomic E-state index is -1.75. The number of hydrogen-bond acceptors (Lipinski definition) is 27. The van der Waals surface area contributed by atoms with E-state index in [0.29, 0.717) is 108 Å². The Morgan fingerprint density at radius 2 is 0.628 bits per heavy atom. The predicted molar refractivity (Wildman–Crippen MR) is 391 cm³/mol. The van der Waals surface area contributed by atoms with E-state index in [4.69, 9.17) is 90.2 Å². The van der Waals surface area contributed by atoms with Crippen molar-refractivity contribution < 1.29 is 113 Å². The van der Waals surface area contributed by atoms with Gasteiger partial charge in [-0.05, 0) is 171 Å². The van der Waals surface area contributed by atoms with Crippen LogP contribution in [0.15, 0.2) is 219 Å². The molecule has 11 aromatic rings. The van der Waals surface area contributed by atoms with Gasteiger partial charge in [-0.1, -0.05) is 0 Å². The first-order valence-electron chi connectivity index (χ1n) is 33.0. The molecule has 0 aliphatic carbocycles. The quantitative estimate of drug-likeness (QED) is 0.0519. The van der Waals surface area contributed by atoms with E-state index in [1.165, 1.54) is 96.8 Å². The fourth-order valence-electron chi connectivity index (χ4n) is 11.9. The number of aromatic nitrogens is 11. The van der Waals surface area contributed by atoms with E-state index in [9.17, 15) is 47.9 Å². The monoisotopic (exact) mass is 1710 g/mol. The molecule has 0 saturated heterocycles. The number of esters is 8. The molecule has 7 aliphatic heterocycles. The Kier molecular flexibility index (Phi) is 23.9. The third-order valence-electron chi connectivity index (χ3n) is 17.1. The Balaban J connectivity index is 0.000000129. The number of carbonyl (C=O) groups excluding carboxylic acids is 10. The third-order valence-corrected chi connectivity index (χ3v) is 17.5. The van der Waals surface area contributed by atoms with Crippen molar-refractivity contribution in [3.05, 3.63) is 286 Å². The summed E-state index contributed by atoms with van der Waals surface area (Å²) in [6, 6.07) is 36.4. The molecule has 36 heteroatoms. The third kappa shape index (κ3) is 17.5. The number of nitrogens with zero attached hydrogens (tertiary/aromatic N) is 12. The van der Waals surface area contributed by atoms with Gasteiger partial charge < -0.3 is 37.9 Å². The van der Waals surface area contributed by atoms with Crippen LogP contribution in [0, 0.1) is 13.8 Å². The Morgan fingerprint density at radius 3 is 0.947 bits per heavy atom. The van der Waals surface area contributed by atoms with Crippen LogP contribution < -0.4 is 13.7 Å². The van der Waals surface area contributed by atoms with Gasteiger partial charge in [0.1, 0.15) is 5.70 Å². The van der Waals surface area contributed by atoms with Gasteiger partial charge in [-0.15, -0.1) is 0 Å². The van der Waals surface area contributed by atoms with Crippen LogP contribution in [0.1, 0.15) is 110 Å². The van der Waals surface area contributed by atoms with Gasteiger partial charge >= 0.3 is 95.7 Å². The molecule has 0 atom stereocenters. The molecule has 0 fully saturated rings. The molecule has 30 nitrogen and oxygen atoms in total. The summed E-state index contributed by atoms with van der Waals surface area (Å²) < 4.78 is 45.8. The zero-order valence-corrected chi connectivity index (χ0v) is 63.7. The maximum atomic E-state index is 12.7. The van der Waals surface area contributed by atoms with Crippen molar-refractivity contribution in [1.82, 2.24) is 44.8 Å². The van der Waals surface area contributed by atoms with E-state index in [0.717, 1.165) is 11.4 Å². The summed E-state index contributed by atoms with van der Waals surface area (Å²) in [4.78, 5) is 155. The van der Waals surface area contributed by atoms with Gasteiger partial charge in [-0.3, -0.25) is 49.5 Å². The molecule has 0 aromatic carbocycles. The minimum absolute atomic E-state index is 0.288. The van der Waals surface area contributed by atoms with E-state index < -0.39 is 104 Å². The van der Waals surface area contributed by atoms with Crippen molar-refractivity contribution in [2.75, 3.05) is 33.7 Å². The number of carbonyl (C=O) groups is 10. The first kappa shape index (κ1) is 78.2. The van der Waals surface area contributed by atoms with Crippen molar-refractivity contribution in [2.45, 2.75) is 19.8 Å². The number of ether oxygens (including phenoxy) is 8. The topological polar surface area (TPSA) is 363 Å². The summed E-state index contributed by atoms with van der Waals surface area (Å²) >= 11 is 9.01. The molecule has 0 amide bonds.